The quantitative estimate of drug-likeness (QED) is 0.603. The molecule has 0 bridgehead atoms. The minimum atomic E-state index is -3.90. The van der Waals surface area contributed by atoms with Gasteiger partial charge in [-0.25, -0.2) is 13.2 Å². The summed E-state index contributed by atoms with van der Waals surface area (Å²) >= 11 is 0. The lowest BCUT2D eigenvalue weighted by Crippen LogP contribution is -2.44. The summed E-state index contributed by atoms with van der Waals surface area (Å²) in [6.07, 6.45) is 1.30. The van der Waals surface area contributed by atoms with Crippen LogP contribution in [-0.2, 0) is 26.0 Å². The van der Waals surface area contributed by atoms with Crippen molar-refractivity contribution in [2.75, 3.05) is 32.2 Å². The molecule has 0 N–H and O–H groups in total. The Balaban J connectivity index is 1.75. The molecule has 1 amide bonds. The fourth-order valence-electron chi connectivity index (χ4n) is 5.05. The minimum Gasteiger partial charge on any atom is -0.495 e. The van der Waals surface area contributed by atoms with E-state index >= 15 is 0 Å². The first-order chi connectivity index (χ1) is 16.2. The van der Waals surface area contributed by atoms with Gasteiger partial charge in [0.05, 0.1) is 14.2 Å². The van der Waals surface area contributed by atoms with E-state index in [1.165, 1.54) is 41.6 Å². The Kier molecular flexibility index (Phi) is 6.69. The maximum Gasteiger partial charge on any atom is 0.329 e. The summed E-state index contributed by atoms with van der Waals surface area (Å²) in [7, 11) is -1.21. The number of amides is 1. The topological polar surface area (TPSA) is 93.2 Å². The number of piperidine rings is 1. The molecule has 182 valence electrons. The highest BCUT2D eigenvalue weighted by Crippen LogP contribution is 2.36. The van der Waals surface area contributed by atoms with Gasteiger partial charge < -0.3 is 9.47 Å². The maximum absolute atomic E-state index is 13.7. The maximum atomic E-state index is 13.7. The molecule has 8 nitrogen and oxygen atoms in total. The molecule has 0 aromatic heterocycles. The number of esters is 1. The standard InChI is InChI=1S/C25H30N2O6S/c1-16-11-17(2)15-26(14-16)34(30,31)23-13-19(9-10-22(23)32-3)24(28)27-20-8-6-5-7-18(20)12-21(27)25(29)33-4/h5-10,13,16-17,21H,11-12,14-15H2,1-4H3. The number of para-hydroxylation sites is 1. The van der Waals surface area contributed by atoms with Gasteiger partial charge in [0.1, 0.15) is 16.7 Å². The number of carbonyl (C=O) groups is 2. The molecule has 2 aromatic rings. The van der Waals surface area contributed by atoms with Crippen molar-refractivity contribution >= 4 is 27.6 Å². The Bertz CT molecular complexity index is 1200. The normalized spacial score (nSPS) is 22.8. The number of benzene rings is 2. The first-order valence-corrected chi connectivity index (χ1v) is 12.8. The molecular weight excluding hydrogens is 456 g/mol. The Labute approximate surface area is 200 Å². The molecular formula is C25H30N2O6S. The van der Waals surface area contributed by atoms with Crippen molar-refractivity contribution in [2.45, 2.75) is 37.6 Å². The van der Waals surface area contributed by atoms with Crippen molar-refractivity contribution in [3.63, 3.8) is 0 Å². The molecule has 2 aromatic carbocycles. The highest BCUT2D eigenvalue weighted by Gasteiger charge is 2.40. The lowest BCUT2D eigenvalue weighted by molar-refractivity contribution is -0.141. The second-order valence-corrected chi connectivity index (χ2v) is 11.1. The lowest BCUT2D eigenvalue weighted by Gasteiger charge is -2.34. The number of carbonyl (C=O) groups excluding carboxylic acids is 2. The summed E-state index contributed by atoms with van der Waals surface area (Å²) in [6, 6.07) is 10.8. The molecule has 9 heteroatoms. The molecule has 2 heterocycles. The lowest BCUT2D eigenvalue weighted by atomic mass is 9.94. The van der Waals surface area contributed by atoms with Crippen molar-refractivity contribution in [2.24, 2.45) is 11.8 Å². The van der Waals surface area contributed by atoms with Crippen LogP contribution < -0.4 is 9.64 Å². The van der Waals surface area contributed by atoms with Crippen LogP contribution in [0, 0.1) is 11.8 Å². The van der Waals surface area contributed by atoms with Crippen LogP contribution in [0.2, 0.25) is 0 Å². The number of hydrogen-bond donors (Lipinski definition) is 0. The molecule has 0 saturated carbocycles. The van der Waals surface area contributed by atoms with Gasteiger partial charge in [-0.2, -0.15) is 4.31 Å². The van der Waals surface area contributed by atoms with E-state index in [9.17, 15) is 18.0 Å². The molecule has 2 aliphatic heterocycles. The van der Waals surface area contributed by atoms with Gasteiger partial charge in [0.25, 0.3) is 5.91 Å². The third kappa shape index (κ3) is 4.30. The van der Waals surface area contributed by atoms with E-state index in [1.807, 2.05) is 26.0 Å². The van der Waals surface area contributed by atoms with Gasteiger partial charge in [-0.05, 0) is 48.1 Å². The summed E-state index contributed by atoms with van der Waals surface area (Å²) in [6.45, 7) is 4.90. The summed E-state index contributed by atoms with van der Waals surface area (Å²) < 4.78 is 39.0. The van der Waals surface area contributed by atoms with E-state index in [4.69, 9.17) is 9.47 Å². The van der Waals surface area contributed by atoms with Gasteiger partial charge in [-0.1, -0.05) is 32.0 Å². The highest BCUT2D eigenvalue weighted by molar-refractivity contribution is 7.89. The van der Waals surface area contributed by atoms with Gasteiger partial charge in [0, 0.05) is 30.8 Å². The SMILES string of the molecule is COC(=O)C1Cc2ccccc2N1C(=O)c1ccc(OC)c(S(=O)(=O)N2CC(C)CC(C)C2)c1. The van der Waals surface area contributed by atoms with E-state index in [0.29, 0.717) is 25.2 Å². The smallest absolute Gasteiger partial charge is 0.329 e. The monoisotopic (exact) mass is 486 g/mol. The average molecular weight is 487 g/mol. The number of rotatable bonds is 5. The molecule has 1 fully saturated rings. The first-order valence-electron chi connectivity index (χ1n) is 11.3. The molecule has 3 unspecified atom stereocenters. The van der Waals surface area contributed by atoms with Crippen LogP contribution in [0.4, 0.5) is 5.69 Å². The van der Waals surface area contributed by atoms with Crippen molar-refractivity contribution in [3.05, 3.63) is 53.6 Å². The Morgan fingerprint density at radius 1 is 1.00 bits per heavy atom. The van der Waals surface area contributed by atoms with Crippen molar-refractivity contribution in [1.82, 2.24) is 4.31 Å². The molecule has 1 saturated heterocycles. The Morgan fingerprint density at radius 3 is 2.32 bits per heavy atom. The predicted octanol–water partition coefficient (Wildman–Crippen LogP) is 3.11. The molecule has 34 heavy (non-hydrogen) atoms. The van der Waals surface area contributed by atoms with Crippen molar-refractivity contribution < 1.29 is 27.5 Å². The number of fused-ring (bicyclic) bond motifs is 1. The van der Waals surface area contributed by atoms with E-state index in [2.05, 4.69) is 0 Å². The number of methoxy groups -OCH3 is 2. The fourth-order valence-corrected chi connectivity index (χ4v) is 6.91. The van der Waals surface area contributed by atoms with Gasteiger partial charge in [0.2, 0.25) is 10.0 Å². The molecule has 0 spiro atoms. The van der Waals surface area contributed by atoms with Crippen molar-refractivity contribution in [3.8, 4) is 5.75 Å². The minimum absolute atomic E-state index is 0.0516. The fraction of sp³-hybridized carbons (Fsp3) is 0.440. The van der Waals surface area contributed by atoms with Crippen LogP contribution in [0.15, 0.2) is 47.4 Å². The van der Waals surface area contributed by atoms with E-state index in [-0.39, 0.29) is 28.0 Å². The van der Waals surface area contributed by atoms with Crippen LogP contribution in [0.5, 0.6) is 5.75 Å². The molecule has 0 radical (unpaired) electrons. The van der Waals surface area contributed by atoms with Crippen LogP contribution in [0.25, 0.3) is 0 Å². The first kappa shape index (κ1) is 24.2. The van der Waals surface area contributed by atoms with E-state index in [1.54, 1.807) is 12.1 Å². The van der Waals surface area contributed by atoms with Crippen LogP contribution in [-0.4, -0.2) is 58.0 Å². The van der Waals surface area contributed by atoms with Crippen LogP contribution in [0.1, 0.15) is 36.2 Å². The molecule has 0 aliphatic carbocycles. The number of nitrogens with zero attached hydrogens (tertiary/aromatic N) is 2. The largest absolute Gasteiger partial charge is 0.495 e. The second kappa shape index (κ2) is 9.38. The van der Waals surface area contributed by atoms with Crippen LogP contribution in [0.3, 0.4) is 0 Å². The van der Waals surface area contributed by atoms with Crippen LogP contribution >= 0.6 is 0 Å². The zero-order chi connectivity index (χ0) is 24.6. The summed E-state index contributed by atoms with van der Waals surface area (Å²) in [5, 5.41) is 0. The molecule has 2 aliphatic rings. The number of hydrogen-bond acceptors (Lipinski definition) is 6. The Hall–Kier alpha value is -2.91. The third-order valence-corrected chi connectivity index (χ3v) is 8.38. The number of sulfonamides is 1. The van der Waals surface area contributed by atoms with E-state index < -0.39 is 27.9 Å². The third-order valence-electron chi connectivity index (χ3n) is 6.53. The highest BCUT2D eigenvalue weighted by atomic mass is 32.2. The predicted molar refractivity (Wildman–Crippen MR) is 127 cm³/mol. The summed E-state index contributed by atoms with van der Waals surface area (Å²) in [5.41, 5.74) is 1.62. The second-order valence-electron chi connectivity index (χ2n) is 9.18. The molecule has 4 rings (SSSR count). The number of anilines is 1. The zero-order valence-corrected chi connectivity index (χ0v) is 20.7. The Morgan fingerprint density at radius 2 is 1.68 bits per heavy atom. The van der Waals surface area contributed by atoms with Gasteiger partial charge >= 0.3 is 5.97 Å². The number of ether oxygens (including phenoxy) is 2. The van der Waals surface area contributed by atoms with Gasteiger partial charge in [-0.15, -0.1) is 0 Å². The van der Waals surface area contributed by atoms with Crippen molar-refractivity contribution in [1.29, 1.82) is 0 Å². The summed E-state index contributed by atoms with van der Waals surface area (Å²) in [5.74, 6) is -0.358. The van der Waals surface area contributed by atoms with Gasteiger partial charge in [-0.3, -0.25) is 9.69 Å². The molecule has 3 atom stereocenters. The van der Waals surface area contributed by atoms with E-state index in [0.717, 1.165) is 12.0 Å². The average Bonchev–Trinajstić information content (AvgIpc) is 3.21. The zero-order valence-electron chi connectivity index (χ0n) is 19.9. The summed E-state index contributed by atoms with van der Waals surface area (Å²) in [4.78, 5) is 27.5. The van der Waals surface area contributed by atoms with Gasteiger partial charge in [0.15, 0.2) is 0 Å².